The molecule has 6 heteroatoms. The summed E-state index contributed by atoms with van der Waals surface area (Å²) in [4.78, 5) is 2.45. The molecule has 0 bridgehead atoms. The van der Waals surface area contributed by atoms with Crippen LogP contribution in [-0.2, 0) is 0 Å². The lowest BCUT2D eigenvalue weighted by Gasteiger charge is -2.09. The minimum atomic E-state index is 1.08. The average Bonchev–Trinajstić information content (AvgIpc) is 3.38. The minimum absolute atomic E-state index is 1.08. The maximum Gasteiger partial charge on any atom is 0.0509 e. The highest BCUT2D eigenvalue weighted by Gasteiger charge is 2.20. The zero-order valence-electron chi connectivity index (χ0n) is 18.4. The van der Waals surface area contributed by atoms with Crippen LogP contribution in [0.15, 0.2) is 103 Å². The molecular weight excluding hydrogens is 744 g/mol. The molecule has 5 aromatic carbocycles. The molecule has 0 nitrogen and oxygen atoms in total. The van der Waals surface area contributed by atoms with Crippen molar-refractivity contribution < 1.29 is 0 Å². The molecule has 0 fully saturated rings. The van der Waals surface area contributed by atoms with Gasteiger partial charge in [-0.05, 0) is 89.8 Å². The lowest BCUT2D eigenvalue weighted by Crippen LogP contribution is -1.83. The quantitative estimate of drug-likeness (QED) is 0.165. The van der Waals surface area contributed by atoms with Crippen molar-refractivity contribution in [3.8, 4) is 20.9 Å². The van der Waals surface area contributed by atoms with E-state index >= 15 is 0 Å². The third-order valence-electron chi connectivity index (χ3n) is 6.54. The second kappa shape index (κ2) is 9.04. The van der Waals surface area contributed by atoms with Gasteiger partial charge in [0.1, 0.15) is 0 Å². The normalized spacial score (nSPS) is 11.9. The molecule has 7 rings (SSSR count). The summed E-state index contributed by atoms with van der Waals surface area (Å²) >= 11 is 19.3. The Kier molecular flexibility index (Phi) is 5.92. The number of hydrogen-bond acceptors (Lipinski definition) is 2. The largest absolute Gasteiger partial charge is 0.134 e. The Morgan fingerprint density at radius 3 is 1.19 bits per heavy atom. The van der Waals surface area contributed by atoms with E-state index < -0.39 is 0 Å². The van der Waals surface area contributed by atoms with Crippen molar-refractivity contribution in [3.63, 3.8) is 0 Å². The molecule has 174 valence electrons. The Morgan fingerprint density at radius 2 is 0.806 bits per heavy atom. The number of hydrogen-bond donors (Lipinski definition) is 0. The van der Waals surface area contributed by atoms with Crippen molar-refractivity contribution in [3.05, 3.63) is 103 Å². The second-order valence-electron chi connectivity index (χ2n) is 8.69. The third-order valence-corrected chi connectivity index (χ3v) is 12.4. The highest BCUT2D eigenvalue weighted by Crippen LogP contribution is 2.50. The van der Waals surface area contributed by atoms with Crippen LogP contribution in [0.25, 0.3) is 62.6 Å². The first-order valence-electron chi connectivity index (χ1n) is 11.2. The minimum Gasteiger partial charge on any atom is -0.134 e. The summed E-state index contributed by atoms with van der Waals surface area (Å²) in [6.07, 6.45) is 0. The molecule has 7 aromatic rings. The van der Waals surface area contributed by atoms with Crippen molar-refractivity contribution >= 4 is 128 Å². The zero-order valence-corrected chi connectivity index (χ0v) is 26.4. The lowest BCUT2D eigenvalue weighted by molar-refractivity contribution is 1.59. The van der Waals surface area contributed by atoms with Crippen LogP contribution < -0.4 is 0 Å². The standard InChI is InChI=1S/C30H14Br4S2/c31-23-14-20(30-28(34)22-10-16-6-2-4-8-18(16)12-26(22)36-30)24(32)13-19(23)29-27(33)21-9-15-5-1-3-7-17(15)11-25(21)35-29/h1-14H. The summed E-state index contributed by atoms with van der Waals surface area (Å²) in [6.45, 7) is 0. The van der Waals surface area contributed by atoms with Gasteiger partial charge in [0.15, 0.2) is 0 Å². The van der Waals surface area contributed by atoms with Gasteiger partial charge in [-0.1, -0.05) is 80.4 Å². The highest BCUT2D eigenvalue weighted by atomic mass is 79.9. The number of rotatable bonds is 2. The number of thiophene rings is 2. The van der Waals surface area contributed by atoms with E-state index in [1.54, 1.807) is 0 Å². The van der Waals surface area contributed by atoms with E-state index in [9.17, 15) is 0 Å². The van der Waals surface area contributed by atoms with Crippen molar-refractivity contribution in [2.75, 3.05) is 0 Å². The third kappa shape index (κ3) is 3.76. The predicted molar refractivity (Wildman–Crippen MR) is 174 cm³/mol. The van der Waals surface area contributed by atoms with Gasteiger partial charge in [-0.2, -0.15) is 0 Å². The highest BCUT2D eigenvalue weighted by molar-refractivity contribution is 9.11. The van der Waals surface area contributed by atoms with E-state index in [2.05, 4.69) is 149 Å². The summed E-state index contributed by atoms with van der Waals surface area (Å²) in [5.41, 5.74) is 2.34. The molecule has 2 heterocycles. The maximum atomic E-state index is 3.92. The van der Waals surface area contributed by atoms with E-state index in [1.807, 2.05) is 22.7 Å². The first-order chi connectivity index (χ1) is 17.5. The Morgan fingerprint density at radius 1 is 0.444 bits per heavy atom. The topological polar surface area (TPSA) is 0 Å². The van der Waals surface area contributed by atoms with Gasteiger partial charge >= 0.3 is 0 Å². The van der Waals surface area contributed by atoms with Gasteiger partial charge in [-0.15, -0.1) is 22.7 Å². The van der Waals surface area contributed by atoms with Crippen molar-refractivity contribution in [1.82, 2.24) is 0 Å². The van der Waals surface area contributed by atoms with Gasteiger partial charge in [0.25, 0.3) is 0 Å². The van der Waals surface area contributed by atoms with Crippen LogP contribution in [0.1, 0.15) is 0 Å². The number of fused-ring (bicyclic) bond motifs is 4. The summed E-state index contributed by atoms with van der Waals surface area (Å²) < 4.78 is 7.00. The zero-order chi connectivity index (χ0) is 24.6. The smallest absolute Gasteiger partial charge is 0.0509 e. The molecule has 2 aromatic heterocycles. The van der Waals surface area contributed by atoms with E-state index in [0.29, 0.717) is 0 Å². The molecule has 0 aliphatic heterocycles. The van der Waals surface area contributed by atoms with Crippen LogP contribution in [0.4, 0.5) is 0 Å². The number of halogens is 4. The maximum absolute atomic E-state index is 3.92. The molecule has 0 aliphatic rings. The van der Waals surface area contributed by atoms with Gasteiger partial charge < -0.3 is 0 Å². The van der Waals surface area contributed by atoms with E-state index in [0.717, 1.165) is 17.9 Å². The second-order valence-corrected chi connectivity index (χ2v) is 14.1. The Bertz CT molecular complexity index is 1850. The molecule has 0 spiro atoms. The summed E-state index contributed by atoms with van der Waals surface area (Å²) in [7, 11) is 0. The molecule has 0 atom stereocenters. The lowest BCUT2D eigenvalue weighted by atomic mass is 10.1. The fourth-order valence-electron chi connectivity index (χ4n) is 4.75. The van der Waals surface area contributed by atoms with Crippen LogP contribution in [0.3, 0.4) is 0 Å². The van der Waals surface area contributed by atoms with E-state index in [-0.39, 0.29) is 0 Å². The molecular formula is C30H14Br4S2. The summed E-state index contributed by atoms with van der Waals surface area (Å²) in [5, 5.41) is 7.55. The van der Waals surface area contributed by atoms with Crippen LogP contribution in [0.5, 0.6) is 0 Å². The van der Waals surface area contributed by atoms with Crippen LogP contribution >= 0.6 is 86.4 Å². The Hall–Kier alpha value is -1.54. The first-order valence-corrected chi connectivity index (χ1v) is 16.0. The molecule has 0 amide bonds. The molecule has 0 unspecified atom stereocenters. The van der Waals surface area contributed by atoms with Crippen LogP contribution in [-0.4, -0.2) is 0 Å². The monoisotopic (exact) mass is 754 g/mol. The molecule has 0 radical (unpaired) electrons. The summed E-state index contributed by atoms with van der Waals surface area (Å²) in [5.74, 6) is 0. The molecule has 0 N–H and O–H groups in total. The Balaban J connectivity index is 1.39. The van der Waals surface area contributed by atoms with E-state index in [1.165, 1.54) is 62.6 Å². The summed E-state index contributed by atoms with van der Waals surface area (Å²) in [6, 6.07) is 30.7. The predicted octanol–water partition coefficient (Wildman–Crippen LogP) is 12.8. The van der Waals surface area contributed by atoms with Crippen LogP contribution in [0.2, 0.25) is 0 Å². The average molecular weight is 758 g/mol. The van der Waals surface area contributed by atoms with Gasteiger partial charge in [0.05, 0.1) is 9.75 Å². The first kappa shape index (κ1) is 23.6. The number of benzene rings is 5. The fourth-order valence-corrected chi connectivity index (χ4v) is 10.2. The van der Waals surface area contributed by atoms with Gasteiger partial charge in [0.2, 0.25) is 0 Å². The van der Waals surface area contributed by atoms with Crippen molar-refractivity contribution in [2.45, 2.75) is 0 Å². The Labute approximate surface area is 249 Å². The van der Waals surface area contributed by atoms with Crippen molar-refractivity contribution in [1.29, 1.82) is 0 Å². The van der Waals surface area contributed by atoms with Gasteiger partial charge in [0, 0.05) is 49.2 Å². The van der Waals surface area contributed by atoms with Gasteiger partial charge in [-0.3, -0.25) is 0 Å². The molecule has 0 saturated carbocycles. The molecule has 0 saturated heterocycles. The molecule has 0 aliphatic carbocycles. The fraction of sp³-hybridized carbons (Fsp3) is 0. The van der Waals surface area contributed by atoms with Gasteiger partial charge in [-0.25, -0.2) is 0 Å². The SMILES string of the molecule is Brc1cc(-c2sc3cc4ccccc4cc3c2Br)c(Br)cc1-c1sc2cc3ccccc3cc2c1Br. The van der Waals surface area contributed by atoms with Crippen LogP contribution in [0, 0.1) is 0 Å². The molecule has 36 heavy (non-hydrogen) atoms. The van der Waals surface area contributed by atoms with Crippen molar-refractivity contribution in [2.24, 2.45) is 0 Å². The van der Waals surface area contributed by atoms with E-state index in [4.69, 9.17) is 0 Å².